The summed E-state index contributed by atoms with van der Waals surface area (Å²) < 4.78 is 1.57. The Bertz CT molecular complexity index is 709. The van der Waals surface area contributed by atoms with Crippen LogP contribution in [-0.2, 0) is 13.0 Å². The molecule has 0 aliphatic rings. The fourth-order valence-electron chi connectivity index (χ4n) is 2.28. The zero-order valence-corrected chi connectivity index (χ0v) is 12.0. The minimum absolute atomic E-state index is 0.0113. The lowest BCUT2D eigenvalue weighted by Gasteiger charge is -2.13. The van der Waals surface area contributed by atoms with E-state index in [0.29, 0.717) is 13.0 Å². The summed E-state index contributed by atoms with van der Waals surface area (Å²) in [5.74, 6) is 0. The maximum atomic E-state index is 12.3. The van der Waals surface area contributed by atoms with Crippen LogP contribution in [0.2, 0.25) is 0 Å². The van der Waals surface area contributed by atoms with Crippen molar-refractivity contribution in [2.24, 2.45) is 0 Å². The van der Waals surface area contributed by atoms with Gasteiger partial charge < -0.3 is 9.67 Å². The molecule has 1 aromatic carbocycles. The number of aryl methyl sites for hydroxylation is 1. The van der Waals surface area contributed by atoms with Gasteiger partial charge in [-0.05, 0) is 36.1 Å². The highest BCUT2D eigenvalue weighted by Gasteiger charge is 2.10. The zero-order chi connectivity index (χ0) is 15.2. The Hall–Kier alpha value is -2.38. The summed E-state index contributed by atoms with van der Waals surface area (Å²) in [6, 6.07) is 13.3. The average molecular weight is 282 g/mol. The third-order valence-electron chi connectivity index (χ3n) is 3.49. The lowest BCUT2D eigenvalue weighted by Crippen LogP contribution is -2.24. The van der Waals surface area contributed by atoms with Gasteiger partial charge in [0.25, 0.3) is 5.56 Å². The number of benzene rings is 1. The van der Waals surface area contributed by atoms with E-state index >= 15 is 0 Å². The number of hydrogen-bond acceptors (Lipinski definition) is 3. The van der Waals surface area contributed by atoms with Gasteiger partial charge in [0.2, 0.25) is 0 Å². The smallest absolute Gasteiger partial charge is 0.268 e. The van der Waals surface area contributed by atoms with Gasteiger partial charge in [-0.25, -0.2) is 0 Å². The van der Waals surface area contributed by atoms with E-state index in [1.165, 1.54) is 5.56 Å². The third-order valence-corrected chi connectivity index (χ3v) is 3.49. The van der Waals surface area contributed by atoms with Gasteiger partial charge in [0, 0.05) is 13.2 Å². The molecule has 1 heterocycles. The minimum Gasteiger partial charge on any atom is -0.396 e. The second-order valence-electron chi connectivity index (χ2n) is 4.83. The number of nitrogens with zero attached hydrogens (tertiary/aromatic N) is 2. The fraction of sp³-hybridized carbons (Fsp3) is 0.294. The van der Waals surface area contributed by atoms with Crippen molar-refractivity contribution < 1.29 is 5.11 Å². The van der Waals surface area contributed by atoms with Crippen molar-refractivity contribution in [3.8, 4) is 17.3 Å². The second kappa shape index (κ2) is 6.87. The maximum Gasteiger partial charge on any atom is 0.268 e. The molecule has 21 heavy (non-hydrogen) atoms. The first-order chi connectivity index (χ1) is 10.2. The molecule has 0 unspecified atom stereocenters. The number of aliphatic hydroxyl groups is 1. The molecule has 0 spiro atoms. The van der Waals surface area contributed by atoms with E-state index in [1.54, 1.807) is 16.7 Å². The van der Waals surface area contributed by atoms with Crippen molar-refractivity contribution in [3.63, 3.8) is 0 Å². The second-order valence-corrected chi connectivity index (χ2v) is 4.83. The van der Waals surface area contributed by atoms with E-state index in [1.807, 2.05) is 30.3 Å². The predicted molar refractivity (Wildman–Crippen MR) is 81.9 cm³/mol. The van der Waals surface area contributed by atoms with Crippen LogP contribution in [0.3, 0.4) is 0 Å². The van der Waals surface area contributed by atoms with Crippen LogP contribution in [0.5, 0.6) is 0 Å². The Labute approximate surface area is 123 Å². The minimum atomic E-state index is -0.303. The Morgan fingerprint density at radius 1 is 1.19 bits per heavy atom. The lowest BCUT2D eigenvalue weighted by molar-refractivity contribution is 0.279. The van der Waals surface area contributed by atoms with Crippen LogP contribution in [0.25, 0.3) is 11.3 Å². The Morgan fingerprint density at radius 3 is 2.48 bits per heavy atom. The molecule has 0 aliphatic heterocycles. The molecule has 2 aromatic rings. The van der Waals surface area contributed by atoms with Gasteiger partial charge in [-0.3, -0.25) is 4.79 Å². The third kappa shape index (κ3) is 3.21. The van der Waals surface area contributed by atoms with Crippen molar-refractivity contribution in [2.45, 2.75) is 26.3 Å². The van der Waals surface area contributed by atoms with E-state index in [-0.39, 0.29) is 17.7 Å². The molecule has 0 amide bonds. The Morgan fingerprint density at radius 2 is 1.90 bits per heavy atom. The largest absolute Gasteiger partial charge is 0.396 e. The van der Waals surface area contributed by atoms with Gasteiger partial charge in [0.05, 0.1) is 5.69 Å². The predicted octanol–water partition coefficient (Wildman–Crippen LogP) is 2.33. The average Bonchev–Trinajstić information content (AvgIpc) is 2.53. The molecular weight excluding hydrogens is 264 g/mol. The highest BCUT2D eigenvalue weighted by Crippen LogP contribution is 2.19. The van der Waals surface area contributed by atoms with Crippen LogP contribution >= 0.6 is 0 Å². The van der Waals surface area contributed by atoms with Crippen LogP contribution < -0.4 is 5.56 Å². The molecule has 1 N–H and O–H groups in total. The summed E-state index contributed by atoms with van der Waals surface area (Å²) in [6.07, 6.45) is 1.44. The van der Waals surface area contributed by atoms with E-state index in [2.05, 4.69) is 6.92 Å². The standard InChI is InChI=1S/C17H18N2O2/c1-2-13-4-6-14(7-5-13)16-9-8-15(12-18)17(21)19(16)10-3-11-20/h4-9,20H,2-3,10-11H2,1H3. The summed E-state index contributed by atoms with van der Waals surface area (Å²) in [7, 11) is 0. The highest BCUT2D eigenvalue weighted by molar-refractivity contribution is 5.60. The zero-order valence-electron chi connectivity index (χ0n) is 12.0. The lowest BCUT2D eigenvalue weighted by atomic mass is 10.1. The molecule has 0 saturated heterocycles. The van der Waals surface area contributed by atoms with Crippen molar-refractivity contribution in [3.05, 3.63) is 57.9 Å². The van der Waals surface area contributed by atoms with Crippen molar-refractivity contribution in [1.29, 1.82) is 5.26 Å². The van der Waals surface area contributed by atoms with Gasteiger partial charge >= 0.3 is 0 Å². The molecular formula is C17H18N2O2. The first-order valence-electron chi connectivity index (χ1n) is 7.05. The van der Waals surface area contributed by atoms with E-state index in [9.17, 15) is 4.79 Å². The number of pyridine rings is 1. The molecule has 0 atom stereocenters. The van der Waals surface area contributed by atoms with Crippen molar-refractivity contribution in [2.75, 3.05) is 6.61 Å². The molecule has 2 rings (SSSR count). The van der Waals surface area contributed by atoms with E-state index in [0.717, 1.165) is 17.7 Å². The van der Waals surface area contributed by atoms with Gasteiger partial charge in [-0.15, -0.1) is 0 Å². The highest BCUT2D eigenvalue weighted by atomic mass is 16.3. The van der Waals surface area contributed by atoms with Crippen LogP contribution in [0.15, 0.2) is 41.2 Å². The number of aliphatic hydroxyl groups excluding tert-OH is 1. The summed E-state index contributed by atoms with van der Waals surface area (Å²) in [5.41, 5.74) is 2.77. The van der Waals surface area contributed by atoms with Crippen molar-refractivity contribution in [1.82, 2.24) is 4.57 Å². The number of nitriles is 1. The van der Waals surface area contributed by atoms with Crippen LogP contribution in [0.4, 0.5) is 0 Å². The van der Waals surface area contributed by atoms with Crippen LogP contribution in [0, 0.1) is 11.3 Å². The Balaban J connectivity index is 2.53. The van der Waals surface area contributed by atoms with Crippen LogP contribution in [0.1, 0.15) is 24.5 Å². The monoisotopic (exact) mass is 282 g/mol. The topological polar surface area (TPSA) is 66.0 Å². The summed E-state index contributed by atoms with van der Waals surface area (Å²) in [6.45, 7) is 2.50. The van der Waals surface area contributed by atoms with Crippen LogP contribution in [-0.4, -0.2) is 16.3 Å². The number of rotatable bonds is 5. The number of aromatic nitrogens is 1. The molecule has 0 aliphatic carbocycles. The summed E-state index contributed by atoms with van der Waals surface area (Å²) in [5, 5.41) is 18.0. The molecule has 4 heteroatoms. The molecule has 0 bridgehead atoms. The molecule has 0 saturated carbocycles. The summed E-state index contributed by atoms with van der Waals surface area (Å²) in [4.78, 5) is 12.3. The maximum absolute atomic E-state index is 12.3. The molecule has 1 aromatic heterocycles. The normalized spacial score (nSPS) is 10.3. The SMILES string of the molecule is CCc1ccc(-c2ccc(C#N)c(=O)n2CCCO)cc1. The molecule has 4 nitrogen and oxygen atoms in total. The first kappa shape index (κ1) is 15.0. The van der Waals surface area contributed by atoms with Gasteiger partial charge in [-0.1, -0.05) is 31.2 Å². The van der Waals surface area contributed by atoms with E-state index in [4.69, 9.17) is 10.4 Å². The van der Waals surface area contributed by atoms with Crippen molar-refractivity contribution >= 4 is 0 Å². The first-order valence-corrected chi connectivity index (χ1v) is 7.05. The quantitative estimate of drug-likeness (QED) is 0.915. The number of hydrogen-bond donors (Lipinski definition) is 1. The van der Waals surface area contributed by atoms with Gasteiger partial charge in [0.15, 0.2) is 0 Å². The van der Waals surface area contributed by atoms with Gasteiger partial charge in [-0.2, -0.15) is 5.26 Å². The molecule has 108 valence electrons. The van der Waals surface area contributed by atoms with Gasteiger partial charge in [0.1, 0.15) is 11.6 Å². The summed E-state index contributed by atoms with van der Waals surface area (Å²) >= 11 is 0. The van der Waals surface area contributed by atoms with E-state index < -0.39 is 0 Å². The molecule has 0 fully saturated rings. The molecule has 0 radical (unpaired) electrons. The fourth-order valence-corrected chi connectivity index (χ4v) is 2.28. The Kier molecular flexibility index (Phi) is 4.91.